The van der Waals surface area contributed by atoms with Gasteiger partial charge in [-0.15, -0.1) is 0 Å². The Balaban J connectivity index is 1.29. The van der Waals surface area contributed by atoms with E-state index in [1.165, 1.54) is 29.2 Å². The molecule has 0 radical (unpaired) electrons. The normalized spacial score (nSPS) is 17.4. The number of piperidine rings is 1. The summed E-state index contributed by atoms with van der Waals surface area (Å²) in [6.07, 6.45) is 5.35. The number of likely N-dealkylation sites (tertiary alicyclic amines) is 1. The van der Waals surface area contributed by atoms with E-state index in [-0.39, 0.29) is 30.1 Å². The number of alkyl halides is 2. The van der Waals surface area contributed by atoms with Crippen LogP contribution in [0.4, 0.5) is 8.78 Å². The van der Waals surface area contributed by atoms with Crippen LogP contribution in [0.15, 0.2) is 95.9 Å². The molecule has 4 aromatic carbocycles. The van der Waals surface area contributed by atoms with Gasteiger partial charge in [-0.2, -0.15) is 13.5 Å². The number of halogens is 2. The van der Waals surface area contributed by atoms with E-state index in [0.717, 1.165) is 42.2 Å². The van der Waals surface area contributed by atoms with Crippen molar-refractivity contribution in [1.82, 2.24) is 9.62 Å². The summed E-state index contributed by atoms with van der Waals surface area (Å²) < 4.78 is 68.2. The molecule has 1 saturated heterocycles. The largest absolute Gasteiger partial charge is 0.490 e. The summed E-state index contributed by atoms with van der Waals surface area (Å²) in [4.78, 5) is 14.7. The molecule has 2 fully saturated rings. The molecule has 10 heteroatoms. The van der Waals surface area contributed by atoms with Crippen LogP contribution in [-0.2, 0) is 20.7 Å². The van der Waals surface area contributed by atoms with Crippen LogP contribution in [0, 0.1) is 0 Å². The van der Waals surface area contributed by atoms with Crippen molar-refractivity contribution in [2.75, 3.05) is 13.1 Å². The summed E-state index contributed by atoms with van der Waals surface area (Å²) in [7, 11) is -4.55. The van der Waals surface area contributed by atoms with Crippen LogP contribution < -0.4 is 15.2 Å². The van der Waals surface area contributed by atoms with Gasteiger partial charge in [0.2, 0.25) is 15.9 Å². The first-order valence-electron chi connectivity index (χ1n) is 15.4. The molecule has 1 saturated carbocycles. The highest BCUT2D eigenvalue weighted by Crippen LogP contribution is 2.36. The van der Waals surface area contributed by atoms with Crippen molar-refractivity contribution >= 4 is 26.7 Å². The minimum atomic E-state index is -4.55. The summed E-state index contributed by atoms with van der Waals surface area (Å²) in [5.74, 6) is -4.15. The lowest BCUT2D eigenvalue weighted by Gasteiger charge is -2.35. The fourth-order valence-corrected chi connectivity index (χ4v) is 7.35. The highest BCUT2D eigenvalue weighted by Gasteiger charge is 2.50. The first kappa shape index (κ1) is 31.1. The molecule has 0 spiro atoms. The Bertz CT molecular complexity index is 1750. The molecule has 1 amide bonds. The lowest BCUT2D eigenvalue weighted by atomic mass is 9.96. The third-order valence-electron chi connectivity index (χ3n) is 8.81. The molecule has 0 unspecified atom stereocenters. The van der Waals surface area contributed by atoms with Gasteiger partial charge >= 0.3 is 0 Å². The maximum Gasteiger partial charge on any atom is 0.298 e. The highest BCUT2D eigenvalue weighted by molar-refractivity contribution is 7.89. The van der Waals surface area contributed by atoms with Crippen LogP contribution >= 0.6 is 0 Å². The van der Waals surface area contributed by atoms with Crippen LogP contribution in [0.25, 0.3) is 21.9 Å². The molecule has 1 aliphatic carbocycles. The Morgan fingerprint density at radius 2 is 1.47 bits per heavy atom. The second-order valence-electron chi connectivity index (χ2n) is 12.0. The number of nitrogens with one attached hydrogen (secondary N) is 1. The van der Waals surface area contributed by atoms with Gasteiger partial charge in [-0.05, 0) is 84.7 Å². The molecule has 4 aromatic rings. The van der Waals surface area contributed by atoms with Gasteiger partial charge in [-0.3, -0.25) is 4.79 Å². The lowest BCUT2D eigenvalue weighted by Crippen LogP contribution is -2.57. The lowest BCUT2D eigenvalue weighted by molar-refractivity contribution is -0.145. The monoisotopic (exact) mass is 633 g/mol. The standard InChI is InChI=1S/C35H37F2N3O4S/c36-35(37,28-14-10-25(11-15-28)24-6-2-1-3-7-24)33(34(41)40-20-18-29(38)19-21-40)39-45(42,43)32-17-13-26-22-31(16-12-27(26)23-32)44-30-8-4-5-9-30/h1-3,6-7,10-17,22-23,29-30,33,39H,4-5,8-9,18-21,38H2/t33-/m0/s1. The van der Waals surface area contributed by atoms with E-state index in [1.54, 1.807) is 30.3 Å². The molecule has 0 bridgehead atoms. The Morgan fingerprint density at radius 1 is 0.844 bits per heavy atom. The fourth-order valence-electron chi connectivity index (χ4n) is 6.13. The van der Waals surface area contributed by atoms with Crippen molar-refractivity contribution in [3.05, 3.63) is 96.6 Å². The number of fused-ring (bicyclic) bond motifs is 1. The number of hydrogen-bond donors (Lipinski definition) is 2. The number of nitrogens with two attached hydrogens (primary N) is 1. The number of sulfonamides is 1. The second kappa shape index (κ2) is 12.9. The predicted octanol–water partition coefficient (Wildman–Crippen LogP) is 6.22. The van der Waals surface area contributed by atoms with Gasteiger partial charge in [-0.25, -0.2) is 8.42 Å². The van der Waals surface area contributed by atoms with Gasteiger partial charge in [-0.1, -0.05) is 66.7 Å². The maximum absolute atomic E-state index is 16.3. The van der Waals surface area contributed by atoms with Crippen LogP contribution in [-0.4, -0.2) is 50.5 Å². The van der Waals surface area contributed by atoms with E-state index in [0.29, 0.717) is 24.0 Å². The molecule has 236 valence electrons. The number of amides is 1. The van der Waals surface area contributed by atoms with Crippen LogP contribution in [0.5, 0.6) is 5.75 Å². The number of benzene rings is 4. The first-order valence-corrected chi connectivity index (χ1v) is 16.9. The van der Waals surface area contributed by atoms with Crippen LogP contribution in [0.1, 0.15) is 44.1 Å². The quantitative estimate of drug-likeness (QED) is 0.228. The van der Waals surface area contributed by atoms with Crippen LogP contribution in [0.3, 0.4) is 0 Å². The van der Waals surface area contributed by atoms with Gasteiger partial charge in [0.15, 0.2) is 6.04 Å². The van der Waals surface area contributed by atoms with Gasteiger partial charge in [0.1, 0.15) is 5.75 Å². The van der Waals surface area contributed by atoms with E-state index in [4.69, 9.17) is 10.5 Å². The molecule has 6 rings (SSSR count). The topological polar surface area (TPSA) is 102 Å². The van der Waals surface area contributed by atoms with E-state index in [1.807, 2.05) is 36.4 Å². The number of hydrogen-bond acceptors (Lipinski definition) is 5. The number of rotatable bonds is 9. The smallest absolute Gasteiger partial charge is 0.298 e. The third-order valence-corrected chi connectivity index (χ3v) is 10.2. The maximum atomic E-state index is 16.3. The van der Waals surface area contributed by atoms with E-state index < -0.39 is 33.5 Å². The Morgan fingerprint density at radius 3 is 2.16 bits per heavy atom. The summed E-state index contributed by atoms with van der Waals surface area (Å²) in [6, 6.07) is 22.1. The first-order chi connectivity index (χ1) is 21.6. The number of carbonyl (C=O) groups excluding carboxylic acids is 1. The summed E-state index contributed by atoms with van der Waals surface area (Å²) in [6.45, 7) is 0.338. The molecule has 1 aliphatic heterocycles. The molecule has 3 N–H and O–H groups in total. The second-order valence-corrected chi connectivity index (χ2v) is 13.7. The van der Waals surface area contributed by atoms with Crippen molar-refractivity contribution in [3.8, 4) is 16.9 Å². The molecular formula is C35H37F2N3O4S. The molecular weight excluding hydrogens is 596 g/mol. The zero-order valence-electron chi connectivity index (χ0n) is 24.9. The Hall–Kier alpha value is -3.86. The zero-order valence-corrected chi connectivity index (χ0v) is 25.7. The number of nitrogens with zero attached hydrogens (tertiary/aromatic N) is 1. The third kappa shape index (κ3) is 6.88. The molecule has 45 heavy (non-hydrogen) atoms. The average molecular weight is 634 g/mol. The van der Waals surface area contributed by atoms with E-state index in [9.17, 15) is 13.2 Å². The summed E-state index contributed by atoms with van der Waals surface area (Å²) >= 11 is 0. The van der Waals surface area contributed by atoms with Crippen molar-refractivity contribution < 1.29 is 26.7 Å². The zero-order chi connectivity index (χ0) is 31.6. The van der Waals surface area contributed by atoms with Gasteiger partial charge in [0.05, 0.1) is 11.0 Å². The van der Waals surface area contributed by atoms with Gasteiger partial charge in [0.25, 0.3) is 5.92 Å². The molecule has 1 atom stereocenters. The SMILES string of the molecule is NC1CCN(C(=O)[C@H](NS(=O)(=O)c2ccc3cc(OC4CCCC4)ccc3c2)C(F)(F)c2ccc(-c3ccccc3)cc2)CC1. The van der Waals surface area contributed by atoms with Crippen molar-refractivity contribution in [2.45, 2.75) is 67.5 Å². The van der Waals surface area contributed by atoms with Crippen molar-refractivity contribution in [2.24, 2.45) is 5.73 Å². The molecule has 1 heterocycles. The number of carbonyl (C=O) groups is 1. The number of ether oxygens (including phenoxy) is 1. The highest BCUT2D eigenvalue weighted by atomic mass is 32.2. The van der Waals surface area contributed by atoms with Crippen molar-refractivity contribution in [3.63, 3.8) is 0 Å². The van der Waals surface area contributed by atoms with Crippen LogP contribution in [0.2, 0.25) is 0 Å². The fraction of sp³-hybridized carbons (Fsp3) is 0.343. The average Bonchev–Trinajstić information content (AvgIpc) is 3.57. The predicted molar refractivity (Wildman–Crippen MR) is 171 cm³/mol. The molecule has 0 aromatic heterocycles. The van der Waals surface area contributed by atoms with E-state index in [2.05, 4.69) is 4.72 Å². The van der Waals surface area contributed by atoms with Gasteiger partial charge in [0, 0.05) is 24.7 Å². The Labute approximate surface area is 262 Å². The summed E-state index contributed by atoms with van der Waals surface area (Å²) in [5.41, 5.74) is 7.08. The minimum absolute atomic E-state index is 0.142. The summed E-state index contributed by atoms with van der Waals surface area (Å²) in [5, 5.41) is 1.36. The van der Waals surface area contributed by atoms with Crippen molar-refractivity contribution in [1.29, 1.82) is 0 Å². The Kier molecular flexibility index (Phi) is 8.90. The van der Waals surface area contributed by atoms with Gasteiger partial charge < -0.3 is 15.4 Å². The molecule has 7 nitrogen and oxygen atoms in total. The molecule has 2 aliphatic rings. The van der Waals surface area contributed by atoms with E-state index >= 15 is 8.78 Å². The minimum Gasteiger partial charge on any atom is -0.490 e.